The molecule has 0 saturated carbocycles. The summed E-state index contributed by atoms with van der Waals surface area (Å²) < 4.78 is 5.89. The predicted molar refractivity (Wildman–Crippen MR) is 183 cm³/mol. The molecule has 0 spiro atoms. The summed E-state index contributed by atoms with van der Waals surface area (Å²) in [5, 5.41) is 0. The molecule has 0 heterocycles. The third kappa shape index (κ3) is 32.8. The van der Waals surface area contributed by atoms with Crippen LogP contribution in [0.25, 0.3) is 0 Å². The smallest absolute Gasteiger partial charge is 0.320 e. The topological polar surface area (TPSA) is 29.5 Å². The van der Waals surface area contributed by atoms with Crippen molar-refractivity contribution < 1.29 is 9.53 Å². The van der Waals surface area contributed by atoms with E-state index >= 15 is 0 Å². The Morgan fingerprint density at radius 3 is 1.39 bits per heavy atom. The highest BCUT2D eigenvalue weighted by atomic mass is 16.5. The van der Waals surface area contributed by atoms with Gasteiger partial charge in [0.1, 0.15) is 6.10 Å². The number of ether oxygens (including phenoxy) is 1. The van der Waals surface area contributed by atoms with Gasteiger partial charge in [0.05, 0.1) is 6.54 Å². The van der Waals surface area contributed by atoms with E-state index < -0.39 is 0 Å². The molecule has 0 aliphatic rings. The Kier molecular flexibility index (Phi) is 31.6. The molecule has 0 rings (SSSR count). The van der Waals surface area contributed by atoms with Gasteiger partial charge in [0.2, 0.25) is 0 Å². The molecular weight excluding hydrogens is 502 g/mol. The number of carbonyl (C=O) groups is 1. The molecular formula is C38H69NO2. The molecule has 1 atom stereocenters. The number of carbonyl (C=O) groups excluding carboxylic acids is 1. The zero-order chi connectivity index (χ0) is 30.1. The van der Waals surface area contributed by atoms with Crippen molar-refractivity contribution in [2.24, 2.45) is 0 Å². The van der Waals surface area contributed by atoms with Crippen molar-refractivity contribution in [1.82, 2.24) is 4.90 Å². The van der Waals surface area contributed by atoms with Crippen LogP contribution in [-0.2, 0) is 9.53 Å². The summed E-state index contributed by atoms with van der Waals surface area (Å²) >= 11 is 0. The Bertz CT molecular complexity index is 661. The lowest BCUT2D eigenvalue weighted by Gasteiger charge is -2.19. The molecule has 1 unspecified atom stereocenters. The normalized spacial score (nSPS) is 13.1. The van der Waals surface area contributed by atoms with Crippen LogP contribution in [0.3, 0.4) is 0 Å². The van der Waals surface area contributed by atoms with Gasteiger partial charge in [0, 0.05) is 0 Å². The van der Waals surface area contributed by atoms with Crippen LogP contribution >= 0.6 is 0 Å². The molecule has 0 aromatic heterocycles. The molecule has 0 aliphatic carbocycles. The average Bonchev–Trinajstić information content (AvgIpc) is 2.94. The summed E-state index contributed by atoms with van der Waals surface area (Å²) in [5.41, 5.74) is 0. The lowest BCUT2D eigenvalue weighted by atomic mass is 10.0. The molecule has 41 heavy (non-hydrogen) atoms. The van der Waals surface area contributed by atoms with Gasteiger partial charge in [0.15, 0.2) is 0 Å². The molecule has 0 saturated heterocycles. The first-order valence-electron chi connectivity index (χ1n) is 17.5. The van der Waals surface area contributed by atoms with Gasteiger partial charge < -0.3 is 4.74 Å². The molecule has 238 valence electrons. The summed E-state index contributed by atoms with van der Waals surface area (Å²) in [4.78, 5) is 14.2. The van der Waals surface area contributed by atoms with Gasteiger partial charge in [-0.1, -0.05) is 133 Å². The van der Waals surface area contributed by atoms with Crippen molar-refractivity contribution in [1.29, 1.82) is 0 Å². The molecule has 3 nitrogen and oxygen atoms in total. The highest BCUT2D eigenvalue weighted by molar-refractivity contribution is 5.71. The van der Waals surface area contributed by atoms with E-state index in [1.54, 1.807) is 0 Å². The first-order valence-corrected chi connectivity index (χ1v) is 17.5. The summed E-state index contributed by atoms with van der Waals surface area (Å²) in [7, 11) is 3.86. The Labute approximate surface area is 257 Å². The number of hydrogen-bond acceptors (Lipinski definition) is 3. The zero-order valence-corrected chi connectivity index (χ0v) is 27.9. The molecule has 0 radical (unpaired) electrons. The standard InChI is InChI=1S/C38H69NO2/c1-5-7-9-11-13-15-17-19-21-23-25-27-29-31-33-35-37(41-38(40)36-39(3)4)34-32-30-28-26-24-22-20-18-16-14-12-10-8-6-2/h10-13,16-19,37H,5-9,14-15,20-36H2,1-4H3/b12-10-,13-11-,18-16-,19-17-. The Morgan fingerprint density at radius 1 is 0.537 bits per heavy atom. The van der Waals surface area contributed by atoms with Crippen LogP contribution in [0.2, 0.25) is 0 Å². The van der Waals surface area contributed by atoms with Crippen LogP contribution in [0.5, 0.6) is 0 Å². The monoisotopic (exact) mass is 572 g/mol. The van der Waals surface area contributed by atoms with Gasteiger partial charge in [-0.2, -0.15) is 0 Å². The maximum atomic E-state index is 12.3. The first-order chi connectivity index (χ1) is 20.1. The lowest BCUT2D eigenvalue weighted by Crippen LogP contribution is -2.27. The fourth-order valence-electron chi connectivity index (χ4n) is 4.93. The van der Waals surface area contributed by atoms with E-state index in [-0.39, 0.29) is 12.1 Å². The molecule has 3 heteroatoms. The quantitative estimate of drug-likeness (QED) is 0.0488. The van der Waals surface area contributed by atoms with Crippen LogP contribution in [-0.4, -0.2) is 37.6 Å². The highest BCUT2D eigenvalue weighted by Gasteiger charge is 2.14. The number of unbranched alkanes of at least 4 members (excludes halogenated alkanes) is 15. The third-order valence-electron chi connectivity index (χ3n) is 7.43. The number of hydrogen-bond donors (Lipinski definition) is 0. The third-order valence-corrected chi connectivity index (χ3v) is 7.43. The van der Waals surface area contributed by atoms with Gasteiger partial charge in [-0.05, 0) is 91.1 Å². The molecule has 0 aliphatic heterocycles. The minimum absolute atomic E-state index is 0.0709. The van der Waals surface area contributed by atoms with Gasteiger partial charge in [-0.15, -0.1) is 0 Å². The second kappa shape index (κ2) is 32.9. The van der Waals surface area contributed by atoms with Gasteiger partial charge >= 0.3 is 5.97 Å². The predicted octanol–water partition coefficient (Wildman–Crippen LogP) is 11.7. The summed E-state index contributed by atoms with van der Waals surface area (Å²) in [6, 6.07) is 0. The molecule has 0 amide bonds. The SMILES string of the molecule is CCC/C=C\C/C=C\CCCCCCCCC(CCCCCCCC/C=C\C/C=C\CCCC)OC(=O)CN(C)C. The summed E-state index contributed by atoms with van der Waals surface area (Å²) in [6.45, 7) is 4.84. The Morgan fingerprint density at radius 2 is 0.951 bits per heavy atom. The minimum Gasteiger partial charge on any atom is -0.461 e. The molecule has 0 fully saturated rings. The largest absolute Gasteiger partial charge is 0.461 e. The fourth-order valence-corrected chi connectivity index (χ4v) is 4.93. The maximum absolute atomic E-state index is 12.3. The molecule has 0 N–H and O–H groups in total. The Balaban J connectivity index is 3.92. The average molecular weight is 572 g/mol. The van der Waals surface area contributed by atoms with Crippen molar-refractivity contribution in [3.8, 4) is 0 Å². The number of likely N-dealkylation sites (N-methyl/N-ethyl adjacent to an activating group) is 1. The van der Waals surface area contributed by atoms with E-state index in [1.165, 1.54) is 122 Å². The van der Waals surface area contributed by atoms with E-state index in [0.717, 1.165) is 25.7 Å². The number of nitrogens with zero attached hydrogens (tertiary/aromatic N) is 1. The zero-order valence-electron chi connectivity index (χ0n) is 27.9. The Hall–Kier alpha value is -1.61. The van der Waals surface area contributed by atoms with E-state index in [4.69, 9.17) is 4.74 Å². The van der Waals surface area contributed by atoms with Gasteiger partial charge in [0.25, 0.3) is 0 Å². The van der Waals surface area contributed by atoms with E-state index in [1.807, 2.05) is 19.0 Å². The van der Waals surface area contributed by atoms with Crippen molar-refractivity contribution >= 4 is 5.97 Å². The first kappa shape index (κ1) is 39.4. The second-order valence-electron chi connectivity index (χ2n) is 12.0. The van der Waals surface area contributed by atoms with E-state index in [2.05, 4.69) is 62.5 Å². The molecule has 0 bridgehead atoms. The van der Waals surface area contributed by atoms with Crippen molar-refractivity contribution in [3.05, 3.63) is 48.6 Å². The minimum atomic E-state index is -0.0709. The van der Waals surface area contributed by atoms with Crippen molar-refractivity contribution in [2.75, 3.05) is 20.6 Å². The van der Waals surface area contributed by atoms with Gasteiger partial charge in [-0.25, -0.2) is 0 Å². The van der Waals surface area contributed by atoms with Crippen molar-refractivity contribution in [3.63, 3.8) is 0 Å². The van der Waals surface area contributed by atoms with Crippen molar-refractivity contribution in [2.45, 2.75) is 168 Å². The summed E-state index contributed by atoms with van der Waals surface area (Å²) in [5.74, 6) is -0.0709. The van der Waals surface area contributed by atoms with Crippen LogP contribution < -0.4 is 0 Å². The number of rotatable bonds is 30. The molecule has 0 aromatic carbocycles. The highest BCUT2D eigenvalue weighted by Crippen LogP contribution is 2.18. The maximum Gasteiger partial charge on any atom is 0.320 e. The van der Waals surface area contributed by atoms with Gasteiger partial charge in [-0.3, -0.25) is 9.69 Å². The fraction of sp³-hybridized carbons (Fsp3) is 0.763. The van der Waals surface area contributed by atoms with Crippen LogP contribution in [0.1, 0.15) is 162 Å². The summed E-state index contributed by atoms with van der Waals surface area (Å²) in [6.07, 6.45) is 46.8. The van der Waals surface area contributed by atoms with Crippen LogP contribution in [0.15, 0.2) is 48.6 Å². The van der Waals surface area contributed by atoms with E-state index in [0.29, 0.717) is 6.54 Å². The molecule has 0 aromatic rings. The second-order valence-corrected chi connectivity index (χ2v) is 12.0. The lowest BCUT2D eigenvalue weighted by molar-refractivity contribution is -0.150. The number of allylic oxidation sites excluding steroid dienone is 8. The van der Waals surface area contributed by atoms with E-state index in [9.17, 15) is 4.79 Å². The number of esters is 1. The van der Waals surface area contributed by atoms with Crippen LogP contribution in [0.4, 0.5) is 0 Å². The van der Waals surface area contributed by atoms with Crippen LogP contribution in [0, 0.1) is 0 Å².